The molecule has 6 aliphatic carbocycles. The second-order valence-corrected chi connectivity index (χ2v) is 26.1. The number of rotatable bonds is 28. The molecule has 512 valence electrons. The van der Waals surface area contributed by atoms with Crippen molar-refractivity contribution in [1.82, 2.24) is 0 Å². The maximum atomic E-state index is 14.9. The topological polar surface area (TPSA) is 237 Å². The molecular weight excluding hydrogens is 1300 g/mol. The third kappa shape index (κ3) is 13.4. The van der Waals surface area contributed by atoms with Crippen LogP contribution in [0.5, 0.6) is 23.0 Å². The van der Waals surface area contributed by atoms with Crippen LogP contribution in [0.4, 0.5) is 0 Å². The fourth-order valence-electron chi connectivity index (χ4n) is 15.9. The molecule has 0 bridgehead atoms. The molecule has 8 aromatic carbocycles. The van der Waals surface area contributed by atoms with Crippen LogP contribution < -0.4 is 18.9 Å². The Morgan fingerprint density at radius 3 is 0.538 bits per heavy atom. The zero-order valence-electron chi connectivity index (χ0n) is 56.8. The minimum atomic E-state index is -1.30. The lowest BCUT2D eigenvalue weighted by atomic mass is 8.84. The Balaban J connectivity index is 0.648. The summed E-state index contributed by atoms with van der Waals surface area (Å²) in [7, 11) is 0. The van der Waals surface area contributed by atoms with Crippen molar-refractivity contribution in [2.75, 3.05) is 52.9 Å². The lowest BCUT2D eigenvalue weighted by Gasteiger charge is -3.13. The Labute approximate surface area is 604 Å². The summed E-state index contributed by atoms with van der Waals surface area (Å²) in [5, 5.41) is 36.5. The molecule has 6 aliphatic rings. The summed E-state index contributed by atoms with van der Waals surface area (Å²) >= 11 is 0. The predicted octanol–water partition coefficient (Wildman–Crippen LogP) is 13.2. The van der Waals surface area contributed by atoms with E-state index in [9.17, 15) is 19.2 Å². The molecule has 0 N–H and O–H groups in total. The highest BCUT2D eigenvalue weighted by molar-refractivity contribution is 6.13. The van der Waals surface area contributed by atoms with Crippen molar-refractivity contribution in [2.24, 2.45) is 45.3 Å². The fourth-order valence-corrected chi connectivity index (χ4v) is 15.9. The van der Waals surface area contributed by atoms with Gasteiger partial charge < -0.3 is 37.9 Å². The van der Waals surface area contributed by atoms with E-state index < -0.39 is 69.2 Å². The van der Waals surface area contributed by atoms with Crippen molar-refractivity contribution in [3.8, 4) is 94.6 Å². The van der Waals surface area contributed by atoms with E-state index in [2.05, 4.69) is 71.6 Å². The molecule has 8 aromatic rings. The average molecular weight is 1370 g/mol. The van der Waals surface area contributed by atoms with Crippen LogP contribution >= 0.6 is 0 Å². The smallest absolute Gasteiger partial charge is 0.313 e. The van der Waals surface area contributed by atoms with Crippen LogP contribution in [0.3, 0.4) is 0 Å². The van der Waals surface area contributed by atoms with E-state index in [1.54, 1.807) is 97.1 Å². The van der Waals surface area contributed by atoms with Gasteiger partial charge in [-0.15, -0.1) is 0 Å². The second kappa shape index (κ2) is 31.3. The Hall–Kier alpha value is -13.0. The summed E-state index contributed by atoms with van der Waals surface area (Å²) in [5.41, 5.74) is 3.35. The number of ether oxygens (including phenoxy) is 8. The molecule has 6 fully saturated rings. The number of nitriles is 4. The number of unbranched alkanes of at least 4 members (excludes halogenated alkanes) is 4. The van der Waals surface area contributed by atoms with Gasteiger partial charge in [-0.05, 0) is 245 Å². The molecule has 16 heteroatoms. The molecule has 0 saturated heterocycles. The number of carbonyl (C=O) groups is 4. The zero-order chi connectivity index (χ0) is 71.9. The van der Waals surface area contributed by atoms with E-state index in [4.69, 9.17) is 58.9 Å². The van der Waals surface area contributed by atoms with Gasteiger partial charge in [0.05, 0.1) is 121 Å². The predicted molar refractivity (Wildman–Crippen MR) is 381 cm³/mol. The van der Waals surface area contributed by atoms with Gasteiger partial charge in [0.15, 0.2) is 0 Å². The van der Waals surface area contributed by atoms with Crippen LogP contribution in [0.25, 0.3) is 0 Å². The molecular formula is C88H68N4O12. The van der Waals surface area contributed by atoms with E-state index in [1.165, 1.54) is 0 Å². The van der Waals surface area contributed by atoms with E-state index >= 15 is 0 Å². The van der Waals surface area contributed by atoms with E-state index in [0.717, 1.165) is 44.5 Å². The minimum absolute atomic E-state index is 0.0380. The molecule has 0 atom stereocenters. The first-order chi connectivity index (χ1) is 51.0. The van der Waals surface area contributed by atoms with Gasteiger partial charge in [-0.3, -0.25) is 19.2 Å². The van der Waals surface area contributed by atoms with Crippen LogP contribution in [0, 0.1) is 138 Å². The van der Waals surface area contributed by atoms with Crippen molar-refractivity contribution < 1.29 is 57.1 Å². The average Bonchev–Trinajstić information content (AvgIpc) is 0.523. The van der Waals surface area contributed by atoms with Gasteiger partial charge in [-0.1, -0.05) is 47.4 Å². The van der Waals surface area contributed by atoms with E-state index in [0.29, 0.717) is 123 Å². The normalized spacial score (nSPS) is 20.5. The molecule has 0 unspecified atom stereocenters. The summed E-state index contributed by atoms with van der Waals surface area (Å²) in [5.74, 6) is 22.1. The van der Waals surface area contributed by atoms with Crippen LogP contribution in [0.15, 0.2) is 194 Å². The van der Waals surface area contributed by atoms with Gasteiger partial charge in [0.1, 0.15) is 23.0 Å². The number of benzene rings is 8. The Kier molecular flexibility index (Phi) is 20.9. The molecule has 0 radical (unpaired) electrons. The second-order valence-electron chi connectivity index (χ2n) is 26.1. The van der Waals surface area contributed by atoms with Gasteiger partial charge in [0.2, 0.25) is 0 Å². The first-order valence-corrected chi connectivity index (χ1v) is 34.7. The highest BCUT2D eigenvalue weighted by Gasteiger charge is 3.27. The van der Waals surface area contributed by atoms with Crippen molar-refractivity contribution in [3.63, 3.8) is 0 Å². The monoisotopic (exact) mass is 1370 g/mol. The third-order valence-electron chi connectivity index (χ3n) is 20.2. The maximum Gasteiger partial charge on any atom is 0.313 e. The molecule has 0 spiro atoms. The first-order valence-electron chi connectivity index (χ1n) is 34.7. The molecule has 0 aromatic heterocycles. The van der Waals surface area contributed by atoms with Crippen LogP contribution in [0.2, 0.25) is 0 Å². The number of hydrogen-bond acceptors (Lipinski definition) is 16. The molecule has 16 nitrogen and oxygen atoms in total. The van der Waals surface area contributed by atoms with Crippen LogP contribution in [-0.4, -0.2) is 76.7 Å². The van der Waals surface area contributed by atoms with Crippen LogP contribution in [-0.2, 0) is 38.1 Å². The molecule has 0 amide bonds. The largest absolute Gasteiger partial charge is 0.494 e. The van der Waals surface area contributed by atoms with Gasteiger partial charge >= 0.3 is 23.9 Å². The van der Waals surface area contributed by atoms with Crippen molar-refractivity contribution in [1.29, 1.82) is 21.0 Å². The lowest BCUT2D eigenvalue weighted by Crippen LogP contribution is -3.21. The van der Waals surface area contributed by atoms with Crippen molar-refractivity contribution in [2.45, 2.75) is 51.4 Å². The number of esters is 4. The van der Waals surface area contributed by atoms with E-state index in [-0.39, 0.29) is 26.4 Å². The highest BCUT2D eigenvalue weighted by Crippen LogP contribution is 3.18. The SMILES string of the molecule is N#Cc1ccc(C#Cc2ccc(OCCCCOC(=O)C34C5C6(C(=O)OCCCCOc7ccc(C#Cc8ccc(C#N)cc8)cc7)C3C3(C(=O)OCCCCOc7ccc(C#Cc8ccc(C#N)cc8)cc7)C4C5(C(=O)OCCCCOc4ccc(C#Cc5ccc(C#N)cc5)cc4)C63)cc2)cc1. The van der Waals surface area contributed by atoms with Crippen LogP contribution in [0.1, 0.15) is 118 Å². The molecule has 104 heavy (non-hydrogen) atoms. The first kappa shape index (κ1) is 69.5. The Bertz CT molecular complexity index is 4290. The van der Waals surface area contributed by atoms with Crippen molar-refractivity contribution >= 4 is 23.9 Å². The minimum Gasteiger partial charge on any atom is -0.494 e. The summed E-state index contributed by atoms with van der Waals surface area (Å²) in [6, 6.07) is 66.2. The quantitative estimate of drug-likeness (QED) is 0.0192. The van der Waals surface area contributed by atoms with Gasteiger partial charge in [-0.2, -0.15) is 21.0 Å². The molecule has 0 aliphatic heterocycles. The number of nitrogens with zero attached hydrogens (tertiary/aromatic N) is 4. The molecule has 6 saturated carbocycles. The molecule has 14 rings (SSSR count). The summed E-state index contributed by atoms with van der Waals surface area (Å²) in [6.07, 6.45) is 3.97. The fraction of sp³-hybridized carbons (Fsp3) is 0.273. The Morgan fingerprint density at radius 2 is 0.375 bits per heavy atom. The standard InChI is InChI=1S/C88H68N4O12/c89-57-69-25-17-61(18-26-69)9-13-65-33-41-73(42-34-65)97-49-1-5-53-101-81(93)85-77-86(82(94)102-54-6-2-50-98-74-43-35-66(36-44-74)14-10-62-19-27-70(58-90)28-20-62)78(85)88(84(96)104-56-8-4-52-100-76-47-39-68(40-48-76)16-12-64-23-31-72(60-92)32-24-64)79(85)87(77,80(86)88)83(95)103-55-7-3-51-99-75-45-37-67(38-46-75)15-11-63-21-29-71(59-91)30-22-63/h17-48,77-80H,1-8,49-56H2. The third-order valence-corrected chi connectivity index (χ3v) is 20.2. The van der Waals surface area contributed by atoms with E-state index in [1.807, 2.05) is 97.1 Å². The van der Waals surface area contributed by atoms with Gasteiger partial charge in [0.25, 0.3) is 0 Å². The summed E-state index contributed by atoms with van der Waals surface area (Å²) < 4.78 is 48.6. The maximum absolute atomic E-state index is 14.9. The van der Waals surface area contributed by atoms with Gasteiger partial charge in [0, 0.05) is 68.2 Å². The Morgan fingerprint density at radius 1 is 0.231 bits per heavy atom. The number of hydrogen-bond donors (Lipinski definition) is 0. The zero-order valence-corrected chi connectivity index (χ0v) is 56.8. The lowest BCUT2D eigenvalue weighted by molar-refractivity contribution is -0.684. The molecule has 0 heterocycles. The van der Waals surface area contributed by atoms with Crippen molar-refractivity contribution in [3.05, 3.63) is 261 Å². The summed E-state index contributed by atoms with van der Waals surface area (Å²) in [6.45, 7) is 1.49. The highest BCUT2D eigenvalue weighted by atomic mass is 16.6. The number of carbonyl (C=O) groups excluding carboxylic acids is 4. The summed E-state index contributed by atoms with van der Waals surface area (Å²) in [4.78, 5) is 59.6. The van der Waals surface area contributed by atoms with Gasteiger partial charge in [-0.25, -0.2) is 0 Å².